The van der Waals surface area contributed by atoms with Crippen LogP contribution in [-0.2, 0) is 0 Å². The molecule has 0 atom stereocenters. The zero-order valence-electron chi connectivity index (χ0n) is 19.8. The molecule has 1 aromatic heterocycles. The Morgan fingerprint density at radius 1 is 0.583 bits per heavy atom. The second-order valence-electron chi connectivity index (χ2n) is 8.70. The van der Waals surface area contributed by atoms with Gasteiger partial charge < -0.3 is 9.73 Å². The van der Waals surface area contributed by atoms with Crippen molar-refractivity contribution in [3.63, 3.8) is 0 Å². The summed E-state index contributed by atoms with van der Waals surface area (Å²) >= 11 is 0. The molecule has 0 aliphatic carbocycles. The minimum absolute atomic E-state index is 0.835. The van der Waals surface area contributed by atoms with Gasteiger partial charge in [-0.15, -0.1) is 0 Å². The molecule has 0 bridgehead atoms. The highest BCUT2D eigenvalue weighted by atomic mass is 16.3. The van der Waals surface area contributed by atoms with E-state index < -0.39 is 0 Å². The minimum atomic E-state index is 0.835. The molecule has 6 aromatic rings. The highest BCUT2D eigenvalue weighted by Crippen LogP contribution is 2.21. The summed E-state index contributed by atoms with van der Waals surface area (Å²) in [6, 6.07) is 41.9. The molecule has 2 nitrogen and oxygen atoms in total. The van der Waals surface area contributed by atoms with Crippen LogP contribution in [0.15, 0.2) is 138 Å². The topological polar surface area (TPSA) is 25.2 Å². The van der Waals surface area contributed by atoms with Gasteiger partial charge in [-0.3, -0.25) is 0 Å². The van der Waals surface area contributed by atoms with Crippen LogP contribution in [0.3, 0.4) is 0 Å². The Hall–Kier alpha value is -4.82. The highest BCUT2D eigenvalue weighted by Gasteiger charge is 2.04. The highest BCUT2D eigenvalue weighted by molar-refractivity contribution is 5.92. The van der Waals surface area contributed by atoms with Gasteiger partial charge in [0, 0.05) is 22.5 Å². The third-order valence-electron chi connectivity index (χ3n) is 6.37. The van der Waals surface area contributed by atoms with Gasteiger partial charge in [-0.25, -0.2) is 0 Å². The first-order valence-electron chi connectivity index (χ1n) is 12.1. The van der Waals surface area contributed by atoms with Crippen molar-refractivity contribution in [2.45, 2.75) is 0 Å². The van der Waals surface area contributed by atoms with Crippen molar-refractivity contribution in [2.75, 3.05) is 5.32 Å². The van der Waals surface area contributed by atoms with Gasteiger partial charge in [0.25, 0.3) is 0 Å². The third kappa shape index (κ3) is 4.45. The smallest absolute Gasteiger partial charge is 0.135 e. The second kappa shape index (κ2) is 9.81. The summed E-state index contributed by atoms with van der Waals surface area (Å²) in [6.45, 7) is 0. The average Bonchev–Trinajstić information content (AvgIpc) is 3.29. The Balaban J connectivity index is 1.33. The molecule has 0 aliphatic rings. The largest absolute Gasteiger partial charge is 0.456 e. The maximum Gasteiger partial charge on any atom is 0.135 e. The van der Waals surface area contributed by atoms with Crippen molar-refractivity contribution < 1.29 is 4.42 Å². The van der Waals surface area contributed by atoms with Crippen molar-refractivity contribution in [1.29, 1.82) is 0 Å². The SMILES string of the molecule is C(/c1cccc2ccccc12)=c1/c(=C\C=C\Nc2ccc(-c3ccccc3)cc2)oc2ccccc12. The first-order valence-corrected chi connectivity index (χ1v) is 12.1. The van der Waals surface area contributed by atoms with E-state index in [0.717, 1.165) is 27.3 Å². The molecule has 0 unspecified atom stereocenters. The quantitative estimate of drug-likeness (QED) is 0.287. The second-order valence-corrected chi connectivity index (χ2v) is 8.70. The fourth-order valence-corrected chi connectivity index (χ4v) is 4.56. The maximum atomic E-state index is 6.23. The van der Waals surface area contributed by atoms with Gasteiger partial charge in [-0.2, -0.15) is 0 Å². The number of nitrogens with one attached hydrogen (secondary N) is 1. The van der Waals surface area contributed by atoms with Crippen LogP contribution in [0.2, 0.25) is 0 Å². The van der Waals surface area contributed by atoms with Crippen LogP contribution in [0, 0.1) is 0 Å². The lowest BCUT2D eigenvalue weighted by Gasteiger charge is -2.04. The van der Waals surface area contributed by atoms with Gasteiger partial charge in [0.05, 0.1) is 0 Å². The van der Waals surface area contributed by atoms with Crippen LogP contribution in [0.4, 0.5) is 5.69 Å². The summed E-state index contributed by atoms with van der Waals surface area (Å²) in [4.78, 5) is 0. The molecule has 172 valence electrons. The minimum Gasteiger partial charge on any atom is -0.456 e. The molecule has 0 fully saturated rings. The molecule has 36 heavy (non-hydrogen) atoms. The summed E-state index contributed by atoms with van der Waals surface area (Å²) in [5.74, 6) is 0. The molecule has 1 N–H and O–H groups in total. The van der Waals surface area contributed by atoms with E-state index in [0.29, 0.717) is 0 Å². The fraction of sp³-hybridized carbons (Fsp3) is 0. The van der Waals surface area contributed by atoms with Gasteiger partial charge in [-0.05, 0) is 63.9 Å². The molecular formula is C34H25NO. The molecule has 0 radical (unpaired) electrons. The van der Waals surface area contributed by atoms with Crippen molar-refractivity contribution in [3.05, 3.63) is 150 Å². The zero-order chi connectivity index (χ0) is 24.2. The molecule has 0 saturated carbocycles. The summed E-state index contributed by atoms with van der Waals surface area (Å²) in [7, 11) is 0. The standard InChI is InChI=1S/C34H25NO/c1-2-10-25(11-3-1)26-19-21-29(22-20-26)35-23-9-18-34-32(31-16-6-7-17-33(31)36-34)24-28-14-8-13-27-12-4-5-15-30(27)28/h1-24,35H/b23-9+,32-24-,34-18+. The summed E-state index contributed by atoms with van der Waals surface area (Å²) in [6.07, 6.45) is 8.17. The number of hydrogen-bond acceptors (Lipinski definition) is 2. The van der Waals surface area contributed by atoms with E-state index in [9.17, 15) is 0 Å². The first kappa shape index (κ1) is 21.7. The predicted octanol–water partition coefficient (Wildman–Crippen LogP) is 7.49. The van der Waals surface area contributed by atoms with E-state index in [1.807, 2.05) is 36.6 Å². The predicted molar refractivity (Wildman–Crippen MR) is 152 cm³/mol. The van der Waals surface area contributed by atoms with Crippen molar-refractivity contribution in [1.82, 2.24) is 0 Å². The van der Waals surface area contributed by atoms with E-state index in [1.165, 1.54) is 27.5 Å². The molecule has 0 amide bonds. The van der Waals surface area contributed by atoms with Crippen LogP contribution in [-0.4, -0.2) is 0 Å². The van der Waals surface area contributed by atoms with E-state index >= 15 is 0 Å². The van der Waals surface area contributed by atoms with Gasteiger partial charge in [0.15, 0.2) is 0 Å². The van der Waals surface area contributed by atoms with Crippen molar-refractivity contribution >= 4 is 39.6 Å². The number of para-hydroxylation sites is 1. The molecule has 0 saturated heterocycles. The molecule has 1 heterocycles. The van der Waals surface area contributed by atoms with Crippen LogP contribution in [0.5, 0.6) is 0 Å². The lowest BCUT2D eigenvalue weighted by Crippen LogP contribution is -2.19. The average molecular weight is 464 g/mol. The van der Waals surface area contributed by atoms with Crippen molar-refractivity contribution in [3.8, 4) is 11.1 Å². The Morgan fingerprint density at radius 3 is 2.14 bits per heavy atom. The third-order valence-corrected chi connectivity index (χ3v) is 6.37. The Labute approximate surface area is 210 Å². The van der Waals surface area contributed by atoms with Crippen LogP contribution in [0.25, 0.3) is 45.0 Å². The number of rotatable bonds is 5. The number of benzene rings is 5. The van der Waals surface area contributed by atoms with Crippen LogP contribution >= 0.6 is 0 Å². The molecular weight excluding hydrogens is 438 g/mol. The van der Waals surface area contributed by atoms with E-state index in [-0.39, 0.29) is 0 Å². The van der Waals surface area contributed by atoms with E-state index in [2.05, 4.69) is 115 Å². The monoisotopic (exact) mass is 463 g/mol. The molecule has 5 aromatic carbocycles. The molecule has 6 rings (SSSR count). The van der Waals surface area contributed by atoms with Crippen LogP contribution < -0.4 is 16.0 Å². The van der Waals surface area contributed by atoms with Crippen LogP contribution in [0.1, 0.15) is 5.56 Å². The number of fused-ring (bicyclic) bond motifs is 2. The molecule has 0 spiro atoms. The van der Waals surface area contributed by atoms with E-state index in [4.69, 9.17) is 4.42 Å². The fourth-order valence-electron chi connectivity index (χ4n) is 4.56. The molecule has 0 aliphatic heterocycles. The van der Waals surface area contributed by atoms with Gasteiger partial charge >= 0.3 is 0 Å². The molecule has 2 heteroatoms. The van der Waals surface area contributed by atoms with Crippen molar-refractivity contribution in [2.24, 2.45) is 0 Å². The number of hydrogen-bond donors (Lipinski definition) is 1. The zero-order valence-corrected chi connectivity index (χ0v) is 19.8. The first-order chi connectivity index (χ1) is 17.8. The Kier molecular flexibility index (Phi) is 5.91. The van der Waals surface area contributed by atoms with Gasteiger partial charge in [0.1, 0.15) is 11.0 Å². The Bertz CT molecular complexity index is 1790. The Morgan fingerprint density at radius 2 is 1.28 bits per heavy atom. The maximum absolute atomic E-state index is 6.23. The summed E-state index contributed by atoms with van der Waals surface area (Å²) in [5.41, 5.74) is 6.34. The number of allylic oxidation sites excluding steroid dienone is 1. The summed E-state index contributed by atoms with van der Waals surface area (Å²) < 4.78 is 6.23. The lowest BCUT2D eigenvalue weighted by atomic mass is 10.0. The summed E-state index contributed by atoms with van der Waals surface area (Å²) in [5, 5.41) is 8.00. The van der Waals surface area contributed by atoms with E-state index in [1.54, 1.807) is 0 Å². The lowest BCUT2D eigenvalue weighted by molar-refractivity contribution is 0.576. The van der Waals surface area contributed by atoms with Gasteiger partial charge in [0.2, 0.25) is 0 Å². The number of furan rings is 1. The van der Waals surface area contributed by atoms with Gasteiger partial charge in [-0.1, -0.05) is 103 Å². The number of anilines is 1. The normalized spacial score (nSPS) is 12.7.